The fraction of sp³-hybridized carbons (Fsp3) is 0.571. The summed E-state index contributed by atoms with van der Waals surface area (Å²) in [7, 11) is 3.37. The fourth-order valence-electron chi connectivity index (χ4n) is 1.60. The summed E-state index contributed by atoms with van der Waals surface area (Å²) < 4.78 is 28.4. The molecule has 0 fully saturated rings. The zero-order valence-corrected chi connectivity index (χ0v) is 11.6. The molecule has 108 valence electrons. The van der Waals surface area contributed by atoms with Crippen molar-refractivity contribution < 1.29 is 18.6 Å². The van der Waals surface area contributed by atoms with Crippen molar-refractivity contribution in [1.82, 2.24) is 4.90 Å². The van der Waals surface area contributed by atoms with Crippen LogP contribution in [-0.4, -0.2) is 58.6 Å². The summed E-state index contributed by atoms with van der Waals surface area (Å²) in [5.41, 5.74) is 0. The maximum atomic E-state index is 12.7. The van der Waals surface area contributed by atoms with Gasteiger partial charge in [-0.1, -0.05) is 0 Å². The highest BCUT2D eigenvalue weighted by atomic mass is 19.1. The van der Waals surface area contributed by atoms with Gasteiger partial charge < -0.3 is 14.2 Å². The summed E-state index contributed by atoms with van der Waals surface area (Å²) in [6.45, 7) is 4.38. The highest BCUT2D eigenvalue weighted by Crippen LogP contribution is 2.10. The Balaban J connectivity index is 2.27. The average molecular weight is 271 g/mol. The quantitative estimate of drug-likeness (QED) is 0.649. The van der Waals surface area contributed by atoms with E-state index in [1.165, 1.54) is 12.1 Å². The predicted octanol–water partition coefficient (Wildman–Crippen LogP) is 1.80. The molecule has 0 saturated heterocycles. The normalized spacial score (nSPS) is 10.9. The van der Waals surface area contributed by atoms with Crippen molar-refractivity contribution >= 4 is 0 Å². The summed E-state index contributed by atoms with van der Waals surface area (Å²) >= 11 is 0. The van der Waals surface area contributed by atoms with Crippen LogP contribution in [0.15, 0.2) is 24.3 Å². The number of hydrogen-bond acceptors (Lipinski definition) is 4. The van der Waals surface area contributed by atoms with Crippen LogP contribution in [-0.2, 0) is 9.47 Å². The van der Waals surface area contributed by atoms with E-state index in [0.717, 1.165) is 19.6 Å². The van der Waals surface area contributed by atoms with Crippen LogP contribution < -0.4 is 4.74 Å². The van der Waals surface area contributed by atoms with Gasteiger partial charge in [-0.05, 0) is 24.3 Å². The molecule has 0 aliphatic heterocycles. The van der Waals surface area contributed by atoms with E-state index >= 15 is 0 Å². The van der Waals surface area contributed by atoms with Gasteiger partial charge in [0, 0.05) is 33.9 Å². The molecule has 0 N–H and O–H groups in total. The van der Waals surface area contributed by atoms with Crippen LogP contribution in [0.4, 0.5) is 4.39 Å². The first-order valence-electron chi connectivity index (χ1n) is 6.35. The van der Waals surface area contributed by atoms with Gasteiger partial charge in [-0.25, -0.2) is 4.39 Å². The third-order valence-electron chi connectivity index (χ3n) is 2.71. The molecule has 0 unspecified atom stereocenters. The molecular weight excluding hydrogens is 249 g/mol. The molecule has 0 aliphatic carbocycles. The van der Waals surface area contributed by atoms with Crippen molar-refractivity contribution in [3.8, 4) is 5.75 Å². The zero-order valence-electron chi connectivity index (χ0n) is 11.6. The van der Waals surface area contributed by atoms with Gasteiger partial charge in [0.25, 0.3) is 0 Å². The predicted molar refractivity (Wildman–Crippen MR) is 72.1 cm³/mol. The van der Waals surface area contributed by atoms with E-state index < -0.39 is 0 Å². The standard InChI is InChI=1S/C14H22FNO3/c1-17-10-7-16(8-11-18-2)9-12-19-14-5-3-13(15)4-6-14/h3-6H,7-12H2,1-2H3. The molecule has 0 saturated carbocycles. The second-order valence-electron chi connectivity index (χ2n) is 4.13. The minimum absolute atomic E-state index is 0.255. The van der Waals surface area contributed by atoms with Crippen molar-refractivity contribution in [3.05, 3.63) is 30.1 Å². The van der Waals surface area contributed by atoms with Gasteiger partial charge in [-0.15, -0.1) is 0 Å². The number of benzene rings is 1. The number of hydrogen-bond donors (Lipinski definition) is 0. The lowest BCUT2D eigenvalue weighted by atomic mass is 10.3. The lowest BCUT2D eigenvalue weighted by molar-refractivity contribution is 0.104. The van der Waals surface area contributed by atoms with Crippen molar-refractivity contribution in [1.29, 1.82) is 0 Å². The van der Waals surface area contributed by atoms with Crippen LogP contribution in [0.25, 0.3) is 0 Å². The first-order chi connectivity index (χ1) is 9.26. The molecule has 0 bridgehead atoms. The third-order valence-corrected chi connectivity index (χ3v) is 2.71. The SMILES string of the molecule is COCCN(CCOC)CCOc1ccc(F)cc1. The van der Waals surface area contributed by atoms with E-state index in [0.29, 0.717) is 25.6 Å². The molecule has 4 nitrogen and oxygen atoms in total. The van der Waals surface area contributed by atoms with E-state index in [4.69, 9.17) is 14.2 Å². The average Bonchev–Trinajstić information content (AvgIpc) is 2.43. The Morgan fingerprint density at radius 1 is 0.895 bits per heavy atom. The Morgan fingerprint density at radius 3 is 1.95 bits per heavy atom. The number of methoxy groups -OCH3 is 2. The molecule has 0 radical (unpaired) electrons. The highest BCUT2D eigenvalue weighted by molar-refractivity contribution is 5.21. The molecule has 0 heterocycles. The lowest BCUT2D eigenvalue weighted by Gasteiger charge is -2.21. The Labute approximate surface area is 114 Å². The largest absolute Gasteiger partial charge is 0.492 e. The Hall–Kier alpha value is -1.17. The number of halogens is 1. The smallest absolute Gasteiger partial charge is 0.123 e. The lowest BCUT2D eigenvalue weighted by Crippen LogP contribution is -2.34. The molecule has 0 amide bonds. The summed E-state index contributed by atoms with van der Waals surface area (Å²) in [5, 5.41) is 0. The fourth-order valence-corrected chi connectivity index (χ4v) is 1.60. The van der Waals surface area contributed by atoms with E-state index in [2.05, 4.69) is 4.90 Å². The third kappa shape index (κ3) is 7.10. The van der Waals surface area contributed by atoms with Gasteiger partial charge in [0.1, 0.15) is 18.2 Å². The Morgan fingerprint density at radius 2 is 1.42 bits per heavy atom. The summed E-state index contributed by atoms with van der Waals surface area (Å²) in [6.07, 6.45) is 0. The van der Waals surface area contributed by atoms with Gasteiger partial charge in [-0.3, -0.25) is 4.90 Å². The summed E-state index contributed by atoms with van der Waals surface area (Å²) in [6, 6.07) is 6.04. The molecule has 1 aromatic rings. The first kappa shape index (κ1) is 15.9. The summed E-state index contributed by atoms with van der Waals surface area (Å²) in [5.74, 6) is 0.425. The van der Waals surface area contributed by atoms with Crippen LogP contribution >= 0.6 is 0 Å². The van der Waals surface area contributed by atoms with Crippen LogP contribution in [0.2, 0.25) is 0 Å². The Kier molecular flexibility index (Phi) is 8.13. The molecule has 0 spiro atoms. The maximum absolute atomic E-state index is 12.7. The highest BCUT2D eigenvalue weighted by Gasteiger charge is 2.04. The van der Waals surface area contributed by atoms with Gasteiger partial charge in [0.2, 0.25) is 0 Å². The van der Waals surface area contributed by atoms with E-state index in [-0.39, 0.29) is 5.82 Å². The van der Waals surface area contributed by atoms with E-state index in [1.807, 2.05) is 0 Å². The van der Waals surface area contributed by atoms with E-state index in [9.17, 15) is 4.39 Å². The molecular formula is C14H22FNO3. The number of ether oxygens (including phenoxy) is 3. The van der Waals surface area contributed by atoms with Crippen LogP contribution in [0, 0.1) is 5.82 Å². The monoisotopic (exact) mass is 271 g/mol. The van der Waals surface area contributed by atoms with Crippen LogP contribution in [0.5, 0.6) is 5.75 Å². The molecule has 1 aromatic carbocycles. The molecule has 19 heavy (non-hydrogen) atoms. The van der Waals surface area contributed by atoms with Crippen LogP contribution in [0.3, 0.4) is 0 Å². The van der Waals surface area contributed by atoms with E-state index in [1.54, 1.807) is 26.4 Å². The minimum Gasteiger partial charge on any atom is -0.492 e. The van der Waals surface area contributed by atoms with Gasteiger partial charge in [0.05, 0.1) is 13.2 Å². The molecule has 0 aromatic heterocycles. The molecule has 0 aliphatic rings. The van der Waals surface area contributed by atoms with Gasteiger partial charge >= 0.3 is 0 Å². The minimum atomic E-state index is -0.255. The second-order valence-corrected chi connectivity index (χ2v) is 4.13. The second kappa shape index (κ2) is 9.72. The van der Waals surface area contributed by atoms with Crippen LogP contribution in [0.1, 0.15) is 0 Å². The zero-order chi connectivity index (χ0) is 13.9. The van der Waals surface area contributed by atoms with Crippen molar-refractivity contribution in [2.45, 2.75) is 0 Å². The molecule has 1 rings (SSSR count). The number of rotatable bonds is 10. The topological polar surface area (TPSA) is 30.9 Å². The van der Waals surface area contributed by atoms with Crippen molar-refractivity contribution in [3.63, 3.8) is 0 Å². The van der Waals surface area contributed by atoms with Crippen molar-refractivity contribution in [2.75, 3.05) is 53.7 Å². The first-order valence-corrected chi connectivity index (χ1v) is 6.35. The van der Waals surface area contributed by atoms with Crippen molar-refractivity contribution in [2.24, 2.45) is 0 Å². The Bertz CT molecular complexity index is 324. The maximum Gasteiger partial charge on any atom is 0.123 e. The molecule has 5 heteroatoms. The molecule has 0 atom stereocenters. The number of nitrogens with zero attached hydrogens (tertiary/aromatic N) is 1. The van der Waals surface area contributed by atoms with Gasteiger partial charge in [-0.2, -0.15) is 0 Å². The van der Waals surface area contributed by atoms with Gasteiger partial charge in [0.15, 0.2) is 0 Å². The summed E-state index contributed by atoms with van der Waals surface area (Å²) in [4.78, 5) is 2.20.